The molecule has 1 fully saturated rings. The standard InChI is InChI=1S/C22H29F5O/c1-2-3-4-5-6-7-16-8-10-17(11-9-16)12-13-18-14-19(23)21(20(24)15-18)28-22(25,26)27/h4-5,14-17H,2-3,6-13H2,1H3/b5-4+. The van der Waals surface area contributed by atoms with Crippen molar-refractivity contribution in [3.8, 4) is 5.75 Å². The molecule has 0 radical (unpaired) electrons. The fraction of sp³-hybridized carbons (Fsp3) is 0.636. The van der Waals surface area contributed by atoms with Crippen LogP contribution in [0.1, 0.15) is 70.3 Å². The van der Waals surface area contributed by atoms with Gasteiger partial charge >= 0.3 is 6.36 Å². The molecule has 2 rings (SSSR count). The molecule has 1 nitrogen and oxygen atoms in total. The van der Waals surface area contributed by atoms with Gasteiger partial charge in [0.05, 0.1) is 0 Å². The minimum Gasteiger partial charge on any atom is -0.399 e. The van der Waals surface area contributed by atoms with E-state index in [1.54, 1.807) is 0 Å². The second-order valence-electron chi connectivity index (χ2n) is 7.70. The van der Waals surface area contributed by atoms with Crippen molar-refractivity contribution >= 4 is 0 Å². The van der Waals surface area contributed by atoms with E-state index in [-0.39, 0.29) is 0 Å². The number of hydrogen-bond donors (Lipinski definition) is 0. The van der Waals surface area contributed by atoms with Crippen molar-refractivity contribution in [2.75, 3.05) is 0 Å². The predicted molar refractivity (Wildman–Crippen MR) is 100 cm³/mol. The molecule has 1 aromatic rings. The van der Waals surface area contributed by atoms with E-state index < -0.39 is 23.7 Å². The maximum absolute atomic E-state index is 13.8. The average molecular weight is 404 g/mol. The molecule has 0 N–H and O–H groups in total. The molecule has 0 aromatic heterocycles. The van der Waals surface area contributed by atoms with Crippen LogP contribution in [-0.4, -0.2) is 6.36 Å². The molecule has 0 amide bonds. The fourth-order valence-corrected chi connectivity index (χ4v) is 3.88. The van der Waals surface area contributed by atoms with E-state index in [2.05, 4.69) is 23.8 Å². The Bertz CT molecular complexity index is 607. The summed E-state index contributed by atoms with van der Waals surface area (Å²) in [6, 6.07) is 1.89. The molecule has 1 saturated carbocycles. The Balaban J connectivity index is 1.76. The topological polar surface area (TPSA) is 9.23 Å². The van der Waals surface area contributed by atoms with Gasteiger partial charge in [-0.15, -0.1) is 13.2 Å². The van der Waals surface area contributed by atoms with E-state index in [1.807, 2.05) is 0 Å². The van der Waals surface area contributed by atoms with Crippen molar-refractivity contribution in [3.05, 3.63) is 41.5 Å². The molecule has 0 saturated heterocycles. The Kier molecular flexibility index (Phi) is 8.77. The van der Waals surface area contributed by atoms with Crippen LogP contribution in [0.4, 0.5) is 22.0 Å². The molecule has 0 aliphatic heterocycles. The summed E-state index contributed by atoms with van der Waals surface area (Å²) in [5.74, 6) is -2.76. The van der Waals surface area contributed by atoms with Crippen molar-refractivity contribution < 1.29 is 26.7 Å². The summed E-state index contributed by atoms with van der Waals surface area (Å²) in [7, 11) is 0. The Morgan fingerprint density at radius 1 is 0.929 bits per heavy atom. The van der Waals surface area contributed by atoms with Crippen LogP contribution in [0.2, 0.25) is 0 Å². The molecule has 0 atom stereocenters. The van der Waals surface area contributed by atoms with Crippen LogP contribution in [0, 0.1) is 23.5 Å². The number of hydrogen-bond acceptors (Lipinski definition) is 1. The smallest absolute Gasteiger partial charge is 0.399 e. The van der Waals surface area contributed by atoms with Crippen LogP contribution in [-0.2, 0) is 6.42 Å². The lowest BCUT2D eigenvalue weighted by Gasteiger charge is -2.28. The molecule has 158 valence electrons. The number of rotatable bonds is 9. The summed E-state index contributed by atoms with van der Waals surface area (Å²) >= 11 is 0. The van der Waals surface area contributed by atoms with E-state index in [1.165, 1.54) is 25.7 Å². The van der Waals surface area contributed by atoms with Crippen LogP contribution in [0.25, 0.3) is 0 Å². The predicted octanol–water partition coefficient (Wildman–Crippen LogP) is 7.74. The monoisotopic (exact) mass is 404 g/mol. The lowest BCUT2D eigenvalue weighted by atomic mass is 9.78. The van der Waals surface area contributed by atoms with Crippen LogP contribution < -0.4 is 4.74 Å². The van der Waals surface area contributed by atoms with Crippen LogP contribution in [0.15, 0.2) is 24.3 Å². The number of allylic oxidation sites excluding steroid dienone is 2. The largest absolute Gasteiger partial charge is 0.573 e. The first-order valence-corrected chi connectivity index (χ1v) is 10.2. The molecule has 6 heteroatoms. The molecule has 0 heterocycles. The third-order valence-electron chi connectivity index (χ3n) is 5.45. The minimum atomic E-state index is -5.12. The molecule has 28 heavy (non-hydrogen) atoms. The van der Waals surface area contributed by atoms with Gasteiger partial charge in [-0.2, -0.15) is 0 Å². The summed E-state index contributed by atoms with van der Waals surface area (Å²) in [6.45, 7) is 2.17. The first-order valence-electron chi connectivity index (χ1n) is 10.2. The second-order valence-corrected chi connectivity index (χ2v) is 7.70. The lowest BCUT2D eigenvalue weighted by molar-refractivity contribution is -0.276. The van der Waals surface area contributed by atoms with Gasteiger partial charge in [0.1, 0.15) is 0 Å². The molecule has 1 aromatic carbocycles. The highest BCUT2D eigenvalue weighted by molar-refractivity contribution is 5.31. The van der Waals surface area contributed by atoms with Gasteiger partial charge in [-0.1, -0.05) is 51.2 Å². The van der Waals surface area contributed by atoms with E-state index in [9.17, 15) is 22.0 Å². The summed E-state index contributed by atoms with van der Waals surface area (Å²) < 4.78 is 67.6. The molecular formula is C22H29F5O. The SMILES string of the molecule is CCC/C=C/CCC1CCC(CCc2cc(F)c(OC(F)(F)F)c(F)c2)CC1. The zero-order valence-electron chi connectivity index (χ0n) is 16.3. The minimum absolute atomic E-state index is 0.368. The zero-order chi connectivity index (χ0) is 20.6. The number of aryl methyl sites for hydroxylation is 1. The van der Waals surface area contributed by atoms with Crippen molar-refractivity contribution in [1.82, 2.24) is 0 Å². The van der Waals surface area contributed by atoms with Crippen molar-refractivity contribution in [2.45, 2.75) is 77.5 Å². The highest BCUT2D eigenvalue weighted by Crippen LogP contribution is 2.35. The van der Waals surface area contributed by atoms with E-state index in [4.69, 9.17) is 0 Å². The summed E-state index contributed by atoms with van der Waals surface area (Å²) in [5.41, 5.74) is 0.368. The first-order chi connectivity index (χ1) is 13.3. The number of halogens is 5. The third-order valence-corrected chi connectivity index (χ3v) is 5.45. The fourth-order valence-electron chi connectivity index (χ4n) is 3.88. The highest BCUT2D eigenvalue weighted by Gasteiger charge is 2.34. The maximum atomic E-state index is 13.8. The van der Waals surface area contributed by atoms with Crippen molar-refractivity contribution in [3.63, 3.8) is 0 Å². The van der Waals surface area contributed by atoms with Gasteiger partial charge in [-0.25, -0.2) is 8.78 Å². The molecular weight excluding hydrogens is 375 g/mol. The van der Waals surface area contributed by atoms with Crippen molar-refractivity contribution in [1.29, 1.82) is 0 Å². The highest BCUT2D eigenvalue weighted by atomic mass is 19.4. The van der Waals surface area contributed by atoms with Gasteiger partial charge in [-0.3, -0.25) is 0 Å². The van der Waals surface area contributed by atoms with E-state index >= 15 is 0 Å². The van der Waals surface area contributed by atoms with Gasteiger partial charge in [0, 0.05) is 0 Å². The first kappa shape index (κ1) is 22.7. The van der Waals surface area contributed by atoms with Gasteiger partial charge < -0.3 is 4.74 Å². The number of unbranched alkanes of at least 4 members (excludes halogenated alkanes) is 1. The molecule has 0 unspecified atom stereocenters. The van der Waals surface area contributed by atoms with Gasteiger partial charge in [-0.05, 0) is 61.6 Å². The zero-order valence-corrected chi connectivity index (χ0v) is 16.3. The molecule has 1 aliphatic rings. The third kappa shape index (κ3) is 7.80. The van der Waals surface area contributed by atoms with E-state index in [0.717, 1.165) is 50.2 Å². The Hall–Kier alpha value is -1.59. The van der Waals surface area contributed by atoms with Crippen LogP contribution in [0.5, 0.6) is 5.75 Å². The number of ether oxygens (including phenoxy) is 1. The quantitative estimate of drug-likeness (QED) is 0.302. The summed E-state index contributed by atoms with van der Waals surface area (Å²) in [4.78, 5) is 0. The van der Waals surface area contributed by atoms with Crippen LogP contribution in [0.3, 0.4) is 0 Å². The lowest BCUT2D eigenvalue weighted by Crippen LogP contribution is -2.19. The van der Waals surface area contributed by atoms with Gasteiger partial charge in [0.2, 0.25) is 5.75 Å². The number of benzene rings is 1. The summed E-state index contributed by atoms with van der Waals surface area (Å²) in [5, 5.41) is 0. The van der Waals surface area contributed by atoms with Gasteiger partial charge in [0.25, 0.3) is 0 Å². The second kappa shape index (κ2) is 10.8. The molecule has 0 spiro atoms. The number of alkyl halides is 3. The molecule has 0 bridgehead atoms. The maximum Gasteiger partial charge on any atom is 0.573 e. The van der Waals surface area contributed by atoms with Crippen molar-refractivity contribution in [2.24, 2.45) is 11.8 Å². The normalized spacial score (nSPS) is 20.6. The average Bonchev–Trinajstić information content (AvgIpc) is 2.63. The Labute approximate surface area is 164 Å². The Morgan fingerprint density at radius 3 is 2.00 bits per heavy atom. The van der Waals surface area contributed by atoms with Gasteiger partial charge in [0.15, 0.2) is 11.6 Å². The molecule has 1 aliphatic carbocycles. The van der Waals surface area contributed by atoms with E-state index in [0.29, 0.717) is 17.9 Å². The van der Waals surface area contributed by atoms with Crippen LogP contribution >= 0.6 is 0 Å². The Morgan fingerprint density at radius 2 is 1.46 bits per heavy atom. The summed E-state index contributed by atoms with van der Waals surface area (Å²) in [6.07, 6.45) is 9.84.